The Hall–Kier alpha value is -3.48. The van der Waals surface area contributed by atoms with Crippen molar-refractivity contribution in [1.82, 2.24) is 15.4 Å². The largest absolute Gasteiger partial charge is 0.491 e. The summed E-state index contributed by atoms with van der Waals surface area (Å²) in [4.78, 5) is 31.1. The molecule has 3 aromatic rings. The van der Waals surface area contributed by atoms with Gasteiger partial charge in [-0.1, -0.05) is 12.1 Å². The highest BCUT2D eigenvalue weighted by atomic mass is 16.5. The van der Waals surface area contributed by atoms with E-state index in [-0.39, 0.29) is 30.4 Å². The van der Waals surface area contributed by atoms with Crippen LogP contribution in [0.5, 0.6) is 5.75 Å². The van der Waals surface area contributed by atoms with Crippen LogP contribution in [-0.4, -0.2) is 28.2 Å². The summed E-state index contributed by atoms with van der Waals surface area (Å²) in [6.07, 6.45) is 2.02. The molecule has 0 fully saturated rings. The van der Waals surface area contributed by atoms with Crippen LogP contribution in [0.25, 0.3) is 11.0 Å². The van der Waals surface area contributed by atoms with Crippen LogP contribution in [0.3, 0.4) is 0 Å². The fourth-order valence-corrected chi connectivity index (χ4v) is 2.61. The van der Waals surface area contributed by atoms with Crippen molar-refractivity contribution < 1.29 is 9.53 Å². The number of H-pyrrole nitrogens is 1. The number of hydrazone groups is 1. The lowest BCUT2D eigenvalue weighted by Crippen LogP contribution is -2.21. The van der Waals surface area contributed by atoms with Gasteiger partial charge in [-0.05, 0) is 55.8 Å². The summed E-state index contributed by atoms with van der Waals surface area (Å²) in [5.74, 6) is 0.495. The molecule has 1 amide bonds. The third-order valence-electron chi connectivity index (χ3n) is 3.91. The van der Waals surface area contributed by atoms with E-state index in [0.717, 1.165) is 11.3 Å². The highest BCUT2D eigenvalue weighted by Gasteiger charge is 2.07. The molecule has 2 aromatic carbocycles. The van der Waals surface area contributed by atoms with Crippen LogP contribution in [-0.2, 0) is 11.2 Å². The summed E-state index contributed by atoms with van der Waals surface area (Å²) in [7, 11) is 0. The van der Waals surface area contributed by atoms with Crippen molar-refractivity contribution in [3.8, 4) is 5.75 Å². The van der Waals surface area contributed by atoms with E-state index in [1.165, 1.54) is 0 Å². The van der Waals surface area contributed by atoms with Gasteiger partial charge in [0, 0.05) is 12.8 Å². The molecule has 2 N–H and O–H groups in total. The van der Waals surface area contributed by atoms with Gasteiger partial charge in [-0.3, -0.25) is 9.59 Å². The number of carbonyl (C=O) groups excluding carboxylic acids is 1. The molecule has 0 saturated carbocycles. The van der Waals surface area contributed by atoms with Gasteiger partial charge in [0.15, 0.2) is 0 Å². The molecule has 28 heavy (non-hydrogen) atoms. The lowest BCUT2D eigenvalue weighted by molar-refractivity contribution is -0.121. The first-order valence-corrected chi connectivity index (χ1v) is 9.08. The van der Waals surface area contributed by atoms with Crippen molar-refractivity contribution >= 4 is 23.2 Å². The Morgan fingerprint density at radius 2 is 1.96 bits per heavy atom. The normalized spacial score (nSPS) is 11.2. The molecule has 0 aliphatic heterocycles. The summed E-state index contributed by atoms with van der Waals surface area (Å²) in [5, 5.41) is 3.95. The van der Waals surface area contributed by atoms with E-state index in [1.54, 1.807) is 12.3 Å². The summed E-state index contributed by atoms with van der Waals surface area (Å²) >= 11 is 0. The van der Waals surface area contributed by atoms with Crippen molar-refractivity contribution in [1.29, 1.82) is 0 Å². The Morgan fingerprint density at radius 1 is 1.21 bits per heavy atom. The molecule has 1 heterocycles. The lowest BCUT2D eigenvalue weighted by Gasteiger charge is -2.09. The van der Waals surface area contributed by atoms with Crippen LogP contribution < -0.4 is 15.7 Å². The maximum absolute atomic E-state index is 12.0. The number of rotatable bonds is 7. The molecule has 0 atom stereocenters. The molecule has 0 bridgehead atoms. The fourth-order valence-electron chi connectivity index (χ4n) is 2.61. The molecule has 0 spiro atoms. The van der Waals surface area contributed by atoms with Crippen LogP contribution in [0.15, 0.2) is 58.4 Å². The standard InChI is InChI=1S/C21H22N4O3/c1-14(2)28-16-9-7-15(8-10-16)13-22-25-20(26)12-11-19-21(27)24-18-6-4-3-5-17(18)23-19/h3-10,13-14H,11-12H2,1-2H3,(H,24,27)(H,25,26)/b22-13+. The quantitative estimate of drug-likeness (QED) is 0.488. The monoisotopic (exact) mass is 378 g/mol. The van der Waals surface area contributed by atoms with Gasteiger partial charge < -0.3 is 9.72 Å². The average molecular weight is 378 g/mol. The van der Waals surface area contributed by atoms with E-state index in [9.17, 15) is 9.59 Å². The molecule has 7 nitrogen and oxygen atoms in total. The number of benzene rings is 2. The number of ether oxygens (including phenoxy) is 1. The number of para-hydroxylation sites is 2. The smallest absolute Gasteiger partial charge is 0.270 e. The molecular weight excluding hydrogens is 356 g/mol. The lowest BCUT2D eigenvalue weighted by atomic mass is 10.2. The molecule has 0 aliphatic carbocycles. The molecule has 7 heteroatoms. The van der Waals surface area contributed by atoms with E-state index in [2.05, 4.69) is 20.5 Å². The minimum Gasteiger partial charge on any atom is -0.491 e. The maximum atomic E-state index is 12.0. The van der Waals surface area contributed by atoms with Crippen molar-refractivity contribution in [2.45, 2.75) is 32.8 Å². The van der Waals surface area contributed by atoms with Crippen LogP contribution in [0.1, 0.15) is 31.5 Å². The molecule has 0 aliphatic rings. The van der Waals surface area contributed by atoms with Crippen molar-refractivity contribution in [2.24, 2.45) is 5.10 Å². The summed E-state index contributed by atoms with van der Waals surface area (Å²) in [6, 6.07) is 14.7. The van der Waals surface area contributed by atoms with Gasteiger partial charge in [-0.25, -0.2) is 10.4 Å². The number of hydrogen-bond donors (Lipinski definition) is 2. The third-order valence-corrected chi connectivity index (χ3v) is 3.91. The zero-order valence-corrected chi connectivity index (χ0v) is 15.8. The number of hydrogen-bond acceptors (Lipinski definition) is 5. The van der Waals surface area contributed by atoms with E-state index >= 15 is 0 Å². The van der Waals surface area contributed by atoms with Crippen LogP contribution >= 0.6 is 0 Å². The number of carbonyl (C=O) groups is 1. The van der Waals surface area contributed by atoms with Gasteiger partial charge in [0.2, 0.25) is 5.91 Å². The second-order valence-corrected chi connectivity index (χ2v) is 6.56. The first kappa shape index (κ1) is 19.3. The predicted molar refractivity (Wildman–Crippen MR) is 109 cm³/mol. The van der Waals surface area contributed by atoms with Gasteiger partial charge in [0.25, 0.3) is 5.56 Å². The van der Waals surface area contributed by atoms with Crippen molar-refractivity contribution in [2.75, 3.05) is 0 Å². The summed E-state index contributed by atoms with van der Waals surface area (Å²) in [5.41, 5.74) is 4.73. The minimum atomic E-state index is -0.287. The van der Waals surface area contributed by atoms with E-state index in [4.69, 9.17) is 4.74 Å². The predicted octanol–water partition coefficient (Wildman–Crippen LogP) is 2.79. The second kappa shape index (κ2) is 8.94. The zero-order chi connectivity index (χ0) is 19.9. The highest BCUT2D eigenvalue weighted by Crippen LogP contribution is 2.12. The first-order valence-electron chi connectivity index (χ1n) is 9.08. The number of fused-ring (bicyclic) bond motifs is 1. The average Bonchev–Trinajstić information content (AvgIpc) is 2.67. The number of aryl methyl sites for hydroxylation is 1. The fraction of sp³-hybridized carbons (Fsp3) is 0.238. The zero-order valence-electron chi connectivity index (χ0n) is 15.8. The highest BCUT2D eigenvalue weighted by molar-refractivity contribution is 5.82. The summed E-state index contributed by atoms with van der Waals surface area (Å²) in [6.45, 7) is 3.93. The van der Waals surface area contributed by atoms with Gasteiger partial charge >= 0.3 is 0 Å². The van der Waals surface area contributed by atoms with Gasteiger partial charge in [-0.15, -0.1) is 0 Å². The Bertz CT molecular complexity index is 1040. The summed E-state index contributed by atoms with van der Waals surface area (Å²) < 4.78 is 5.57. The Morgan fingerprint density at radius 3 is 2.71 bits per heavy atom. The Balaban J connectivity index is 1.52. The van der Waals surface area contributed by atoms with Crippen LogP contribution in [0.4, 0.5) is 0 Å². The molecule has 0 radical (unpaired) electrons. The molecule has 1 aromatic heterocycles. The topological polar surface area (TPSA) is 96.4 Å². The van der Waals surface area contributed by atoms with E-state index in [0.29, 0.717) is 16.7 Å². The first-order chi connectivity index (χ1) is 13.5. The van der Waals surface area contributed by atoms with Gasteiger partial charge in [-0.2, -0.15) is 5.10 Å². The number of nitrogens with one attached hydrogen (secondary N) is 2. The van der Waals surface area contributed by atoms with Crippen LogP contribution in [0, 0.1) is 0 Å². The van der Waals surface area contributed by atoms with E-state index in [1.807, 2.05) is 56.3 Å². The van der Waals surface area contributed by atoms with Gasteiger partial charge in [0.05, 0.1) is 23.4 Å². The number of nitrogens with zero attached hydrogens (tertiary/aromatic N) is 2. The van der Waals surface area contributed by atoms with Crippen LogP contribution in [0.2, 0.25) is 0 Å². The third kappa shape index (κ3) is 5.26. The maximum Gasteiger partial charge on any atom is 0.270 e. The molecule has 0 saturated heterocycles. The molecular formula is C21H22N4O3. The number of amides is 1. The Kier molecular flexibility index (Phi) is 6.16. The SMILES string of the molecule is CC(C)Oc1ccc(/C=N/NC(=O)CCc2nc3ccccc3[nH]c2=O)cc1. The number of aromatic nitrogens is 2. The van der Waals surface area contributed by atoms with Crippen molar-refractivity contribution in [3.63, 3.8) is 0 Å². The Labute approximate surface area is 162 Å². The van der Waals surface area contributed by atoms with Gasteiger partial charge in [0.1, 0.15) is 11.4 Å². The van der Waals surface area contributed by atoms with E-state index < -0.39 is 0 Å². The molecule has 144 valence electrons. The molecule has 0 unspecified atom stereocenters. The molecule has 3 rings (SSSR count). The number of aromatic amines is 1. The second-order valence-electron chi connectivity index (χ2n) is 6.56. The van der Waals surface area contributed by atoms with Crippen molar-refractivity contribution in [3.05, 3.63) is 70.1 Å². The minimum absolute atomic E-state index is 0.114.